The van der Waals surface area contributed by atoms with Crippen molar-refractivity contribution in [3.8, 4) is 0 Å². The van der Waals surface area contributed by atoms with Gasteiger partial charge in [0.15, 0.2) is 0 Å². The summed E-state index contributed by atoms with van der Waals surface area (Å²) in [7, 11) is 0. The van der Waals surface area contributed by atoms with Gasteiger partial charge in [0.1, 0.15) is 5.82 Å². The van der Waals surface area contributed by atoms with Crippen LogP contribution in [0.15, 0.2) is 28.4 Å². The number of nitrogens with one attached hydrogen (secondary N) is 1. The van der Waals surface area contributed by atoms with Crippen LogP contribution in [0.2, 0.25) is 5.02 Å². The van der Waals surface area contributed by atoms with Gasteiger partial charge in [0.25, 0.3) is 0 Å². The van der Waals surface area contributed by atoms with Crippen molar-refractivity contribution in [1.82, 2.24) is 9.97 Å². The molecule has 6 heteroatoms. The second kappa shape index (κ2) is 4.92. The van der Waals surface area contributed by atoms with Gasteiger partial charge in [0.2, 0.25) is 0 Å². The van der Waals surface area contributed by atoms with E-state index in [1.807, 2.05) is 12.3 Å². The Bertz CT molecular complexity index is 447. The van der Waals surface area contributed by atoms with Crippen molar-refractivity contribution in [2.45, 2.75) is 6.54 Å². The summed E-state index contributed by atoms with van der Waals surface area (Å²) in [6.07, 6.45) is 3.45. The molecule has 0 saturated heterocycles. The third-order valence-corrected chi connectivity index (χ3v) is 3.31. The summed E-state index contributed by atoms with van der Waals surface area (Å²) in [5.74, 6) is 0.785. The summed E-state index contributed by atoms with van der Waals surface area (Å²) in [4.78, 5) is 9.33. The van der Waals surface area contributed by atoms with Crippen LogP contribution in [0.25, 0.3) is 0 Å². The average molecular weight is 305 g/mol. The molecule has 0 aromatic carbocycles. The van der Waals surface area contributed by atoms with Gasteiger partial charge < -0.3 is 5.32 Å². The monoisotopic (exact) mass is 303 g/mol. The molecule has 1 N–H and O–H groups in total. The highest BCUT2D eigenvalue weighted by molar-refractivity contribution is 9.10. The lowest BCUT2D eigenvalue weighted by atomic mass is 10.4. The highest BCUT2D eigenvalue weighted by Gasteiger charge is 2.02. The fourth-order valence-corrected chi connectivity index (χ4v) is 2.36. The maximum Gasteiger partial charge on any atom is 0.140 e. The zero-order valence-electron chi connectivity index (χ0n) is 7.58. The van der Waals surface area contributed by atoms with Gasteiger partial charge in [-0.3, -0.25) is 4.98 Å². The molecule has 15 heavy (non-hydrogen) atoms. The highest BCUT2D eigenvalue weighted by atomic mass is 79.9. The predicted molar refractivity (Wildman–Crippen MR) is 66.4 cm³/mol. The number of anilines is 1. The Kier molecular flexibility index (Phi) is 3.56. The number of pyridine rings is 1. The molecular formula is C9H7BrClN3S. The molecular weight excluding hydrogens is 298 g/mol. The lowest BCUT2D eigenvalue weighted by molar-refractivity contribution is 1.12. The number of hydrogen-bond acceptors (Lipinski definition) is 4. The van der Waals surface area contributed by atoms with Crippen LogP contribution in [-0.2, 0) is 6.54 Å². The van der Waals surface area contributed by atoms with Gasteiger partial charge in [-0.2, -0.15) is 0 Å². The van der Waals surface area contributed by atoms with Crippen molar-refractivity contribution < 1.29 is 0 Å². The first-order valence-corrected chi connectivity index (χ1v) is 6.23. The third-order valence-electron chi connectivity index (χ3n) is 1.72. The Morgan fingerprint density at radius 1 is 1.47 bits per heavy atom. The third kappa shape index (κ3) is 2.90. The minimum absolute atomic E-state index is 0.616. The summed E-state index contributed by atoms with van der Waals surface area (Å²) in [6, 6.07) is 1.81. The van der Waals surface area contributed by atoms with Gasteiger partial charge in [-0.1, -0.05) is 11.6 Å². The molecule has 2 aromatic rings. The van der Waals surface area contributed by atoms with Crippen molar-refractivity contribution in [2.24, 2.45) is 0 Å². The lowest BCUT2D eigenvalue weighted by Crippen LogP contribution is -2.00. The van der Waals surface area contributed by atoms with Crippen molar-refractivity contribution in [1.29, 1.82) is 0 Å². The number of rotatable bonds is 3. The molecule has 0 unspecified atom stereocenters. The van der Waals surface area contributed by atoms with Gasteiger partial charge in [0, 0.05) is 17.3 Å². The molecule has 2 aromatic heterocycles. The van der Waals surface area contributed by atoms with Crippen molar-refractivity contribution >= 4 is 44.7 Å². The van der Waals surface area contributed by atoms with Gasteiger partial charge in [0.05, 0.1) is 21.6 Å². The van der Waals surface area contributed by atoms with Crippen LogP contribution in [0.5, 0.6) is 0 Å². The SMILES string of the molecule is Clc1cnc(NCc2cncs2)c(Br)c1. The summed E-state index contributed by atoms with van der Waals surface area (Å²) in [6.45, 7) is 0.720. The van der Waals surface area contributed by atoms with E-state index in [2.05, 4.69) is 31.2 Å². The van der Waals surface area contributed by atoms with E-state index in [0.717, 1.165) is 16.8 Å². The minimum Gasteiger partial charge on any atom is -0.364 e. The van der Waals surface area contributed by atoms with Crippen LogP contribution in [0.4, 0.5) is 5.82 Å². The molecule has 0 bridgehead atoms. The fraction of sp³-hybridized carbons (Fsp3) is 0.111. The molecule has 0 saturated carbocycles. The molecule has 0 aliphatic heterocycles. The molecule has 2 rings (SSSR count). The summed E-state index contributed by atoms with van der Waals surface area (Å²) in [5, 5.41) is 3.81. The Morgan fingerprint density at radius 2 is 2.33 bits per heavy atom. The van der Waals surface area contributed by atoms with E-state index in [1.165, 1.54) is 4.88 Å². The molecule has 0 amide bonds. The quantitative estimate of drug-likeness (QED) is 0.942. The topological polar surface area (TPSA) is 37.8 Å². The van der Waals surface area contributed by atoms with E-state index in [0.29, 0.717) is 5.02 Å². The molecule has 0 radical (unpaired) electrons. The highest BCUT2D eigenvalue weighted by Crippen LogP contribution is 2.23. The number of hydrogen-bond donors (Lipinski definition) is 1. The summed E-state index contributed by atoms with van der Waals surface area (Å²) in [5.41, 5.74) is 1.81. The van der Waals surface area contributed by atoms with Crippen LogP contribution in [-0.4, -0.2) is 9.97 Å². The lowest BCUT2D eigenvalue weighted by Gasteiger charge is -2.05. The zero-order chi connectivity index (χ0) is 10.7. The molecule has 0 spiro atoms. The first-order chi connectivity index (χ1) is 7.25. The van der Waals surface area contributed by atoms with E-state index < -0.39 is 0 Å². The number of nitrogens with zero attached hydrogens (tertiary/aromatic N) is 2. The van der Waals surface area contributed by atoms with E-state index in [1.54, 1.807) is 23.0 Å². The van der Waals surface area contributed by atoms with Gasteiger partial charge in [-0.05, 0) is 22.0 Å². The van der Waals surface area contributed by atoms with Gasteiger partial charge in [-0.25, -0.2) is 4.98 Å². The maximum absolute atomic E-state index is 5.79. The molecule has 78 valence electrons. The van der Waals surface area contributed by atoms with Crippen molar-refractivity contribution in [3.63, 3.8) is 0 Å². The van der Waals surface area contributed by atoms with Crippen LogP contribution >= 0.6 is 38.9 Å². The largest absolute Gasteiger partial charge is 0.364 e. The summed E-state index contributed by atoms with van der Waals surface area (Å²) >= 11 is 10.8. The average Bonchev–Trinajstić information content (AvgIpc) is 2.69. The van der Waals surface area contributed by atoms with E-state index >= 15 is 0 Å². The predicted octanol–water partition coefficient (Wildman–Crippen LogP) is 3.57. The number of aromatic nitrogens is 2. The smallest absolute Gasteiger partial charge is 0.140 e. The van der Waals surface area contributed by atoms with Crippen molar-refractivity contribution in [2.75, 3.05) is 5.32 Å². The summed E-state index contributed by atoms with van der Waals surface area (Å²) < 4.78 is 0.861. The molecule has 0 aliphatic carbocycles. The minimum atomic E-state index is 0.616. The van der Waals surface area contributed by atoms with E-state index in [-0.39, 0.29) is 0 Å². The van der Waals surface area contributed by atoms with Crippen LogP contribution in [0.3, 0.4) is 0 Å². The second-order valence-corrected chi connectivity index (χ2v) is 5.07. The molecule has 2 heterocycles. The number of halogens is 2. The van der Waals surface area contributed by atoms with Gasteiger partial charge in [-0.15, -0.1) is 11.3 Å². The Morgan fingerprint density at radius 3 is 3.00 bits per heavy atom. The fourth-order valence-electron chi connectivity index (χ4n) is 1.04. The molecule has 0 atom stereocenters. The Labute approximate surface area is 105 Å². The van der Waals surface area contributed by atoms with Crippen LogP contribution < -0.4 is 5.32 Å². The molecule has 0 aliphatic rings. The molecule has 0 fully saturated rings. The van der Waals surface area contributed by atoms with Crippen molar-refractivity contribution in [3.05, 3.63) is 38.3 Å². The Hall–Kier alpha value is -0.650. The normalized spacial score (nSPS) is 10.3. The molecule has 3 nitrogen and oxygen atoms in total. The van der Waals surface area contributed by atoms with Crippen LogP contribution in [0.1, 0.15) is 4.88 Å². The van der Waals surface area contributed by atoms with E-state index in [9.17, 15) is 0 Å². The van der Waals surface area contributed by atoms with E-state index in [4.69, 9.17) is 11.6 Å². The zero-order valence-corrected chi connectivity index (χ0v) is 10.7. The number of thiazole rings is 1. The van der Waals surface area contributed by atoms with Crippen LogP contribution in [0, 0.1) is 0 Å². The standard InChI is InChI=1S/C9H7BrClN3S/c10-8-1-6(11)2-13-9(8)14-4-7-3-12-5-15-7/h1-3,5H,4H2,(H,13,14). The van der Waals surface area contributed by atoms with Gasteiger partial charge >= 0.3 is 0 Å². The first kappa shape index (κ1) is 10.9. The Balaban J connectivity index is 2.05. The second-order valence-electron chi connectivity index (χ2n) is 2.81. The maximum atomic E-state index is 5.79. The first-order valence-electron chi connectivity index (χ1n) is 4.18.